The maximum atomic E-state index is 11.0. The van der Waals surface area contributed by atoms with E-state index in [1.165, 1.54) is 12.8 Å². The Bertz CT molecular complexity index is 217. The van der Waals surface area contributed by atoms with Crippen LogP contribution in [-0.4, -0.2) is 23.2 Å². The first-order valence-corrected chi connectivity index (χ1v) is 5.11. The van der Waals surface area contributed by atoms with E-state index in [1.807, 2.05) is 0 Å². The molecule has 3 heteroatoms. The van der Waals surface area contributed by atoms with E-state index in [9.17, 15) is 4.79 Å². The minimum atomic E-state index is -0.661. The second-order valence-electron chi connectivity index (χ2n) is 4.72. The maximum absolute atomic E-state index is 11.0. The Labute approximate surface area is 78.5 Å². The van der Waals surface area contributed by atoms with Gasteiger partial charge in [-0.2, -0.15) is 0 Å². The van der Waals surface area contributed by atoms with E-state index in [4.69, 9.17) is 5.11 Å². The molecule has 0 atom stereocenters. The van der Waals surface area contributed by atoms with Crippen LogP contribution in [0.25, 0.3) is 0 Å². The Morgan fingerprint density at radius 2 is 2.15 bits per heavy atom. The lowest BCUT2D eigenvalue weighted by Crippen LogP contribution is -2.60. The van der Waals surface area contributed by atoms with Crippen molar-refractivity contribution in [3.05, 3.63) is 0 Å². The Balaban J connectivity index is 1.86. The molecule has 0 saturated heterocycles. The Hall–Kier alpha value is -0.570. The molecule has 0 aromatic rings. The summed E-state index contributed by atoms with van der Waals surface area (Å²) < 4.78 is 0. The summed E-state index contributed by atoms with van der Waals surface area (Å²) in [6, 6.07) is 0. The molecule has 2 fully saturated rings. The molecule has 0 aliphatic heterocycles. The Morgan fingerprint density at radius 1 is 1.54 bits per heavy atom. The highest BCUT2D eigenvalue weighted by Crippen LogP contribution is 2.39. The molecule has 0 spiro atoms. The molecule has 0 heterocycles. The Kier molecular flexibility index (Phi) is 2.06. The molecule has 2 aliphatic rings. The predicted octanol–water partition coefficient (Wildman–Crippen LogP) is 1.24. The number of nitrogens with one attached hydrogen (secondary N) is 1. The zero-order valence-electron chi connectivity index (χ0n) is 8.05. The topological polar surface area (TPSA) is 49.3 Å². The van der Waals surface area contributed by atoms with Gasteiger partial charge >= 0.3 is 5.97 Å². The minimum absolute atomic E-state index is 0.567. The molecule has 0 unspecified atom stereocenters. The summed E-state index contributed by atoms with van der Waals surface area (Å²) in [5, 5.41) is 12.3. The van der Waals surface area contributed by atoms with Gasteiger partial charge in [0.2, 0.25) is 0 Å². The van der Waals surface area contributed by atoms with E-state index >= 15 is 0 Å². The van der Waals surface area contributed by atoms with Crippen LogP contribution in [0.2, 0.25) is 0 Å². The average Bonchev–Trinajstić information content (AvgIpc) is 2.78. The van der Waals surface area contributed by atoms with Gasteiger partial charge in [-0.3, -0.25) is 4.79 Å². The van der Waals surface area contributed by atoms with Gasteiger partial charge < -0.3 is 10.4 Å². The van der Waals surface area contributed by atoms with Crippen molar-refractivity contribution in [3.63, 3.8) is 0 Å². The molecule has 2 saturated carbocycles. The van der Waals surface area contributed by atoms with Crippen molar-refractivity contribution in [1.82, 2.24) is 5.32 Å². The molecule has 2 rings (SSSR count). The third-order valence-corrected chi connectivity index (χ3v) is 3.23. The van der Waals surface area contributed by atoms with E-state index in [0.717, 1.165) is 25.3 Å². The molecule has 2 aliphatic carbocycles. The lowest BCUT2D eigenvalue weighted by Gasteiger charge is -2.43. The second kappa shape index (κ2) is 2.98. The van der Waals surface area contributed by atoms with E-state index in [-0.39, 0.29) is 0 Å². The van der Waals surface area contributed by atoms with Crippen LogP contribution in [0, 0.1) is 11.8 Å². The van der Waals surface area contributed by atoms with Crippen LogP contribution < -0.4 is 5.32 Å². The molecule has 13 heavy (non-hydrogen) atoms. The number of carboxylic acid groups (broad SMARTS) is 1. The summed E-state index contributed by atoms with van der Waals surface area (Å²) in [6.45, 7) is 3.01. The number of hydrogen-bond acceptors (Lipinski definition) is 2. The van der Waals surface area contributed by atoms with E-state index in [0.29, 0.717) is 5.92 Å². The molecule has 0 aromatic heterocycles. The Morgan fingerprint density at radius 3 is 2.54 bits per heavy atom. The van der Waals surface area contributed by atoms with E-state index in [1.54, 1.807) is 0 Å². The lowest BCUT2D eigenvalue weighted by atomic mass is 9.69. The minimum Gasteiger partial charge on any atom is -0.480 e. The van der Waals surface area contributed by atoms with Crippen LogP contribution in [0.4, 0.5) is 0 Å². The van der Waals surface area contributed by atoms with Crippen molar-refractivity contribution in [2.45, 2.75) is 38.1 Å². The molecule has 0 aromatic carbocycles. The molecule has 0 radical (unpaired) electrons. The SMILES string of the molecule is CC1CC(NCC2CC2)(C(=O)O)C1. The van der Waals surface area contributed by atoms with Crippen LogP contribution in [0.15, 0.2) is 0 Å². The van der Waals surface area contributed by atoms with Crippen LogP contribution in [0.5, 0.6) is 0 Å². The van der Waals surface area contributed by atoms with Crippen LogP contribution in [-0.2, 0) is 4.79 Å². The number of rotatable bonds is 4. The number of hydrogen-bond donors (Lipinski definition) is 2. The van der Waals surface area contributed by atoms with Gasteiger partial charge in [-0.25, -0.2) is 0 Å². The predicted molar refractivity (Wildman–Crippen MR) is 49.5 cm³/mol. The van der Waals surface area contributed by atoms with Crippen molar-refractivity contribution in [3.8, 4) is 0 Å². The van der Waals surface area contributed by atoms with Gasteiger partial charge in [0, 0.05) is 0 Å². The standard InChI is InChI=1S/C10H17NO2/c1-7-4-10(5-7,9(12)13)11-6-8-2-3-8/h7-8,11H,2-6H2,1H3,(H,12,13). The van der Waals surface area contributed by atoms with Gasteiger partial charge in [-0.1, -0.05) is 6.92 Å². The fourth-order valence-electron chi connectivity index (χ4n) is 2.19. The van der Waals surface area contributed by atoms with Gasteiger partial charge in [0.1, 0.15) is 5.54 Å². The molecule has 0 bridgehead atoms. The fraction of sp³-hybridized carbons (Fsp3) is 0.900. The molecular formula is C10H17NO2. The molecule has 0 amide bonds. The second-order valence-corrected chi connectivity index (χ2v) is 4.72. The molecular weight excluding hydrogens is 166 g/mol. The summed E-state index contributed by atoms with van der Waals surface area (Å²) in [5.74, 6) is 0.668. The summed E-state index contributed by atoms with van der Waals surface area (Å²) in [7, 11) is 0. The largest absolute Gasteiger partial charge is 0.480 e. The molecule has 3 nitrogen and oxygen atoms in total. The van der Waals surface area contributed by atoms with Crippen LogP contribution in [0.3, 0.4) is 0 Å². The smallest absolute Gasteiger partial charge is 0.323 e. The van der Waals surface area contributed by atoms with Gasteiger partial charge in [0.05, 0.1) is 0 Å². The third-order valence-electron chi connectivity index (χ3n) is 3.23. The molecule has 74 valence electrons. The highest BCUT2D eigenvalue weighted by atomic mass is 16.4. The molecule has 2 N–H and O–H groups in total. The summed E-state index contributed by atoms with van der Waals surface area (Å²) in [6.07, 6.45) is 4.15. The number of carboxylic acids is 1. The van der Waals surface area contributed by atoms with Crippen molar-refractivity contribution in [2.75, 3.05) is 6.54 Å². The fourth-order valence-corrected chi connectivity index (χ4v) is 2.19. The van der Waals surface area contributed by atoms with Gasteiger partial charge in [0.15, 0.2) is 0 Å². The van der Waals surface area contributed by atoms with Gasteiger partial charge in [-0.05, 0) is 44.1 Å². The monoisotopic (exact) mass is 183 g/mol. The highest BCUT2D eigenvalue weighted by molar-refractivity contribution is 5.80. The summed E-state index contributed by atoms with van der Waals surface area (Å²) in [5.41, 5.74) is -0.567. The van der Waals surface area contributed by atoms with Crippen molar-refractivity contribution < 1.29 is 9.90 Å². The van der Waals surface area contributed by atoms with Crippen molar-refractivity contribution >= 4 is 5.97 Å². The van der Waals surface area contributed by atoms with E-state index in [2.05, 4.69) is 12.2 Å². The normalized spacial score (nSPS) is 38.4. The maximum Gasteiger partial charge on any atom is 0.323 e. The van der Waals surface area contributed by atoms with Gasteiger partial charge in [0.25, 0.3) is 0 Å². The zero-order chi connectivity index (χ0) is 9.47. The zero-order valence-corrected chi connectivity index (χ0v) is 8.05. The van der Waals surface area contributed by atoms with E-state index < -0.39 is 11.5 Å². The number of aliphatic carboxylic acids is 1. The lowest BCUT2D eigenvalue weighted by molar-refractivity contribution is -0.151. The first-order chi connectivity index (χ1) is 6.12. The first-order valence-electron chi connectivity index (χ1n) is 5.11. The van der Waals surface area contributed by atoms with Crippen LogP contribution in [0.1, 0.15) is 32.6 Å². The number of carbonyl (C=O) groups is 1. The van der Waals surface area contributed by atoms with Crippen LogP contribution >= 0.6 is 0 Å². The summed E-state index contributed by atoms with van der Waals surface area (Å²) in [4.78, 5) is 11.0. The highest BCUT2D eigenvalue weighted by Gasteiger charge is 2.48. The third kappa shape index (κ3) is 1.70. The van der Waals surface area contributed by atoms with Crippen molar-refractivity contribution in [2.24, 2.45) is 11.8 Å². The first kappa shape index (κ1) is 9.00. The van der Waals surface area contributed by atoms with Crippen molar-refractivity contribution in [1.29, 1.82) is 0 Å². The quantitative estimate of drug-likeness (QED) is 0.689. The summed E-state index contributed by atoms with van der Waals surface area (Å²) >= 11 is 0. The van der Waals surface area contributed by atoms with Gasteiger partial charge in [-0.15, -0.1) is 0 Å². The average molecular weight is 183 g/mol.